The van der Waals surface area contributed by atoms with Gasteiger partial charge in [0.25, 0.3) is 0 Å². The number of methoxy groups -OCH3 is 1. The topological polar surface area (TPSA) is 206 Å². The van der Waals surface area contributed by atoms with Gasteiger partial charge in [0.05, 0.1) is 39.7 Å². The number of pyridine rings is 1. The molecule has 6 N–H and O–H groups in total. The first-order valence-corrected chi connectivity index (χ1v) is 19.8. The van der Waals surface area contributed by atoms with Crippen LogP contribution in [-0.4, -0.2) is 83.3 Å². The number of anilines is 1. The van der Waals surface area contributed by atoms with Gasteiger partial charge in [-0.1, -0.05) is 18.2 Å². The second-order valence-electron chi connectivity index (χ2n) is 13.5. The number of nitrogens with one attached hydrogen (secondary N) is 3. The molecule has 0 saturated heterocycles. The van der Waals surface area contributed by atoms with Crippen LogP contribution in [0.25, 0.3) is 10.9 Å². The monoisotopic (exact) mass is 801 g/mol. The molecule has 0 unspecified atom stereocenters. The van der Waals surface area contributed by atoms with Gasteiger partial charge in [0.1, 0.15) is 30.3 Å². The Balaban J connectivity index is 0.959. The van der Waals surface area contributed by atoms with Crippen molar-refractivity contribution in [1.82, 2.24) is 15.2 Å². The van der Waals surface area contributed by atoms with Crippen LogP contribution in [-0.2, 0) is 26.4 Å². The number of rotatable bonds is 15. The number of amides is 1. The van der Waals surface area contributed by atoms with Gasteiger partial charge < -0.3 is 44.7 Å². The number of phenols is 1. The first-order chi connectivity index (χ1) is 27.0. The number of fused-ring (bicyclic) bond motifs is 1. The summed E-state index contributed by atoms with van der Waals surface area (Å²) in [5.74, 6) is -0.371. The predicted molar refractivity (Wildman–Crippen MR) is 212 cm³/mol. The van der Waals surface area contributed by atoms with E-state index in [1.807, 2.05) is 17.8 Å². The van der Waals surface area contributed by atoms with Crippen LogP contribution < -0.4 is 20.9 Å². The Morgan fingerprint density at radius 3 is 2.43 bits per heavy atom. The van der Waals surface area contributed by atoms with Gasteiger partial charge in [0.15, 0.2) is 0 Å². The van der Waals surface area contributed by atoms with Crippen LogP contribution in [0.5, 0.6) is 11.5 Å². The van der Waals surface area contributed by atoms with Crippen molar-refractivity contribution in [3.63, 3.8) is 0 Å². The molecule has 1 amide bonds. The van der Waals surface area contributed by atoms with Crippen LogP contribution >= 0.6 is 22.7 Å². The summed E-state index contributed by atoms with van der Waals surface area (Å²) in [5.41, 5.74) is -0.451. The van der Waals surface area contributed by atoms with Gasteiger partial charge in [-0.15, -0.1) is 22.7 Å². The fourth-order valence-corrected chi connectivity index (χ4v) is 8.61. The zero-order valence-corrected chi connectivity index (χ0v) is 32.5. The van der Waals surface area contributed by atoms with Crippen molar-refractivity contribution in [3.05, 3.63) is 108 Å². The van der Waals surface area contributed by atoms with Crippen molar-refractivity contribution in [1.29, 1.82) is 5.26 Å². The number of H-pyrrole nitrogens is 1. The summed E-state index contributed by atoms with van der Waals surface area (Å²) < 4.78 is 16.9. The summed E-state index contributed by atoms with van der Waals surface area (Å²) in [7, 11) is 3.42. The zero-order chi connectivity index (χ0) is 39.8. The summed E-state index contributed by atoms with van der Waals surface area (Å²) in [6, 6.07) is 18.3. The average Bonchev–Trinajstić information content (AvgIpc) is 3.95. The molecule has 6 rings (SSSR count). The highest BCUT2D eigenvalue weighted by molar-refractivity contribution is 7.12. The van der Waals surface area contributed by atoms with Crippen LogP contribution in [0.1, 0.15) is 58.2 Å². The number of esters is 1. The maximum absolute atomic E-state index is 13.4. The Morgan fingerprint density at radius 1 is 1.07 bits per heavy atom. The number of carbonyl (C=O) groups excluding carboxylic acids is 2. The van der Waals surface area contributed by atoms with E-state index in [-0.39, 0.29) is 59.9 Å². The highest BCUT2D eigenvalue weighted by Gasteiger charge is 2.45. The molecule has 0 spiro atoms. The van der Waals surface area contributed by atoms with E-state index in [1.165, 1.54) is 48.0 Å². The lowest BCUT2D eigenvalue weighted by atomic mass is 9.91. The number of aliphatic hydroxyl groups excluding tert-OH is 1. The number of aromatic nitrogens is 1. The molecule has 2 aromatic carbocycles. The number of likely N-dealkylation sites (N-methyl/N-ethyl adjacent to an activating group) is 1. The largest absolute Gasteiger partial charge is 0.506 e. The van der Waals surface area contributed by atoms with Crippen molar-refractivity contribution in [2.45, 2.75) is 56.1 Å². The van der Waals surface area contributed by atoms with E-state index >= 15 is 0 Å². The van der Waals surface area contributed by atoms with E-state index in [0.29, 0.717) is 51.4 Å². The number of ether oxygens (including phenoxy) is 3. The summed E-state index contributed by atoms with van der Waals surface area (Å²) >= 11 is 2.62. The summed E-state index contributed by atoms with van der Waals surface area (Å²) in [6.45, 7) is 0.884. The van der Waals surface area contributed by atoms with Crippen LogP contribution in [0.2, 0.25) is 0 Å². The molecular formula is C40H43N5O9S2. The fourth-order valence-electron chi connectivity index (χ4n) is 6.89. The van der Waals surface area contributed by atoms with Gasteiger partial charge in [-0.05, 0) is 79.4 Å². The quantitative estimate of drug-likeness (QED) is 0.0744. The Kier molecular flexibility index (Phi) is 13.1. The molecule has 5 aromatic rings. The van der Waals surface area contributed by atoms with Crippen molar-refractivity contribution in [2.24, 2.45) is 0 Å². The minimum atomic E-state index is -1.84. The smallest absolute Gasteiger partial charge is 0.411 e. The molecule has 1 aliphatic rings. The van der Waals surface area contributed by atoms with E-state index in [2.05, 4.69) is 26.6 Å². The van der Waals surface area contributed by atoms with Gasteiger partial charge in [0.2, 0.25) is 11.2 Å². The molecule has 1 saturated carbocycles. The van der Waals surface area contributed by atoms with E-state index in [1.54, 1.807) is 42.5 Å². The fraction of sp³-hybridized carbons (Fsp3) is 0.350. The maximum atomic E-state index is 13.4. The second kappa shape index (κ2) is 18.1. The SMILES string of the molecule is COc1cc(NC(=O)OCCN(C)C2CCC(OC(=O)C(O)(c3cccs3)c3cccs3)CC2)c(C#N)cc1CNC[C@H](O)c1ccc(O)c2[nH]c(=O)ccc12. The minimum Gasteiger partial charge on any atom is -0.506 e. The molecule has 3 heterocycles. The summed E-state index contributed by atoms with van der Waals surface area (Å²) in [6.07, 6.45) is 0.763. The minimum absolute atomic E-state index is 0.0989. The van der Waals surface area contributed by atoms with Crippen LogP contribution in [0.3, 0.4) is 0 Å². The number of carbonyl (C=O) groups is 2. The molecule has 0 radical (unpaired) electrons. The number of phenolic OH excluding ortho intramolecular Hbond substituents is 1. The van der Waals surface area contributed by atoms with Gasteiger partial charge >= 0.3 is 12.1 Å². The molecule has 1 fully saturated rings. The van der Waals surface area contributed by atoms with E-state index in [0.717, 1.165) is 12.8 Å². The summed E-state index contributed by atoms with van der Waals surface area (Å²) in [5, 5.41) is 52.4. The molecule has 16 heteroatoms. The molecule has 56 heavy (non-hydrogen) atoms. The van der Waals surface area contributed by atoms with Gasteiger partial charge in [0, 0.05) is 48.8 Å². The van der Waals surface area contributed by atoms with E-state index in [9.17, 15) is 35.0 Å². The highest BCUT2D eigenvalue weighted by Crippen LogP contribution is 2.38. The number of benzene rings is 2. The van der Waals surface area contributed by atoms with Crippen molar-refractivity contribution in [2.75, 3.05) is 39.2 Å². The molecule has 1 aliphatic carbocycles. The van der Waals surface area contributed by atoms with Crippen molar-refractivity contribution >= 4 is 51.3 Å². The normalized spacial score (nSPS) is 16.3. The van der Waals surface area contributed by atoms with Gasteiger partial charge in [-0.25, -0.2) is 9.59 Å². The van der Waals surface area contributed by atoms with Gasteiger partial charge in [-0.3, -0.25) is 10.1 Å². The molecule has 1 atom stereocenters. The average molecular weight is 802 g/mol. The lowest BCUT2D eigenvalue weighted by molar-refractivity contribution is -0.169. The van der Waals surface area contributed by atoms with E-state index < -0.39 is 23.8 Å². The lowest BCUT2D eigenvalue weighted by Gasteiger charge is -2.35. The van der Waals surface area contributed by atoms with E-state index in [4.69, 9.17) is 14.2 Å². The summed E-state index contributed by atoms with van der Waals surface area (Å²) in [4.78, 5) is 43.6. The second-order valence-corrected chi connectivity index (χ2v) is 15.4. The van der Waals surface area contributed by atoms with Crippen molar-refractivity contribution in [3.8, 4) is 17.6 Å². The van der Waals surface area contributed by atoms with Crippen LogP contribution in [0, 0.1) is 11.3 Å². The standard InChI is InChI=1S/C40H43N5O9S2/c1-45(26-7-9-27(10-8-26)54-38(49)40(51,34-5-3-17-55-34)35-6-4-18-56-35)15-16-53-39(50)43-30-20-33(52-2)25(19-24(30)21-41)22-42-23-32(47)28-11-13-31(46)37-29(28)12-14-36(48)44-37/h3-6,11-14,17-20,26-27,32,42,46-47,51H,7-10,15-16,22-23H2,1-2H3,(H,43,50)(H,44,48)/t26?,27?,32-/m0/s1. The Bertz CT molecular complexity index is 2190. The van der Waals surface area contributed by atoms with Gasteiger partial charge in [-0.2, -0.15) is 5.26 Å². The lowest BCUT2D eigenvalue weighted by Crippen LogP contribution is -2.42. The predicted octanol–water partition coefficient (Wildman–Crippen LogP) is 5.33. The molecule has 0 bridgehead atoms. The number of aromatic amines is 1. The molecular weight excluding hydrogens is 759 g/mol. The number of aliphatic hydroxyl groups is 2. The Hall–Kier alpha value is -5.28. The molecule has 14 nitrogen and oxygen atoms in total. The molecule has 0 aliphatic heterocycles. The maximum Gasteiger partial charge on any atom is 0.411 e. The zero-order valence-electron chi connectivity index (χ0n) is 30.8. The number of hydrogen-bond acceptors (Lipinski definition) is 14. The van der Waals surface area contributed by atoms with Crippen LogP contribution in [0.4, 0.5) is 10.5 Å². The molecule has 294 valence electrons. The van der Waals surface area contributed by atoms with Crippen LogP contribution in [0.15, 0.2) is 76.2 Å². The number of aromatic hydroxyl groups is 1. The Labute approximate surface area is 330 Å². The molecule has 3 aromatic heterocycles. The Morgan fingerprint density at radius 2 is 1.79 bits per heavy atom. The number of nitriles is 1. The first kappa shape index (κ1) is 40.4. The number of nitrogens with zero attached hydrogens (tertiary/aromatic N) is 2. The third kappa shape index (κ3) is 9.05. The number of thiophene rings is 2. The first-order valence-electron chi connectivity index (χ1n) is 18.0. The van der Waals surface area contributed by atoms with Crippen molar-refractivity contribution < 1.29 is 39.1 Å². The highest BCUT2D eigenvalue weighted by atomic mass is 32.1. The number of hydrogen-bond donors (Lipinski definition) is 6. The third-order valence-electron chi connectivity index (χ3n) is 9.97. The third-order valence-corrected chi connectivity index (χ3v) is 11.9.